The van der Waals surface area contributed by atoms with Gasteiger partial charge in [-0.05, 0) is 65.2 Å². The van der Waals surface area contributed by atoms with Gasteiger partial charge in [-0.3, -0.25) is 19.2 Å². The second-order valence-corrected chi connectivity index (χ2v) is 16.6. The molecule has 12 atom stereocenters. The van der Waals surface area contributed by atoms with E-state index in [0.29, 0.717) is 12.8 Å². The van der Waals surface area contributed by atoms with E-state index in [-0.39, 0.29) is 99.2 Å². The minimum absolute atomic E-state index is 0.00599. The zero-order valence-electron chi connectivity index (χ0n) is 29.4. The summed E-state index contributed by atoms with van der Waals surface area (Å²) in [5.74, 6) is -2.58. The number of allylic oxidation sites excluding steroid dienone is 2. The van der Waals surface area contributed by atoms with Gasteiger partial charge in [0.15, 0.2) is 22.8 Å². The van der Waals surface area contributed by atoms with Gasteiger partial charge in [-0.2, -0.15) is 0 Å². The minimum atomic E-state index is -1.50. The van der Waals surface area contributed by atoms with Crippen LogP contribution in [0.4, 0.5) is 0 Å². The molecular weight excluding hydrogens is 648 g/mol. The maximum absolute atomic E-state index is 14.5. The fraction of sp³-hybridized carbons (Fsp3) is 0.737. The second-order valence-electron chi connectivity index (χ2n) is 16.6. The average Bonchev–Trinajstić information content (AvgIpc) is 3.88. The molecule has 7 heterocycles. The van der Waals surface area contributed by atoms with Gasteiger partial charge in [0.25, 0.3) is 0 Å². The van der Waals surface area contributed by atoms with Crippen molar-refractivity contribution < 1.29 is 57.2 Å². The quantitative estimate of drug-likeness (QED) is 0.234. The monoisotopic (exact) mass is 696 g/mol. The van der Waals surface area contributed by atoms with Crippen molar-refractivity contribution in [1.82, 2.24) is 0 Å². The van der Waals surface area contributed by atoms with Crippen molar-refractivity contribution in [1.29, 1.82) is 0 Å². The molecule has 0 radical (unpaired) electrons. The summed E-state index contributed by atoms with van der Waals surface area (Å²) in [6.07, 6.45) is -4.32. The lowest BCUT2D eigenvalue weighted by molar-refractivity contribution is -0.166. The van der Waals surface area contributed by atoms with Crippen molar-refractivity contribution >= 4 is 35.1 Å². The van der Waals surface area contributed by atoms with E-state index in [4.69, 9.17) is 28.4 Å². The van der Waals surface area contributed by atoms with Crippen molar-refractivity contribution in [3.05, 3.63) is 24.3 Å². The third-order valence-corrected chi connectivity index (χ3v) is 12.2. The first-order valence-corrected chi connectivity index (χ1v) is 18.0. The molecule has 12 nitrogen and oxygen atoms in total. The predicted molar refractivity (Wildman–Crippen MR) is 174 cm³/mol. The predicted octanol–water partition coefficient (Wildman–Crippen LogP) is 3.78. The third-order valence-electron chi connectivity index (χ3n) is 12.2. The number of esters is 2. The highest BCUT2D eigenvalue weighted by Crippen LogP contribution is 2.55. The molecule has 0 aromatic carbocycles. The number of Topliss-reactive ketones (excluding diaryl/α,β-unsaturated/α-hetero) is 4. The Balaban J connectivity index is 1.28. The zero-order valence-corrected chi connectivity index (χ0v) is 29.4. The Morgan fingerprint density at radius 3 is 1.34 bits per heavy atom. The molecule has 12 heteroatoms. The zero-order chi connectivity index (χ0) is 36.0. The molecule has 0 aromatic heterocycles. The van der Waals surface area contributed by atoms with Crippen LogP contribution >= 0.6 is 0 Å². The number of hydrogen-bond acceptors (Lipinski definition) is 12. The Morgan fingerprint density at radius 2 is 0.980 bits per heavy atom. The Morgan fingerprint density at radius 1 is 0.600 bits per heavy atom. The molecule has 7 saturated heterocycles. The molecule has 0 unspecified atom stereocenters. The summed E-state index contributed by atoms with van der Waals surface area (Å²) in [6.45, 7) is 15.3. The number of carbonyl (C=O) groups excluding carboxylic acids is 6. The number of ether oxygens (including phenoxy) is 6. The lowest BCUT2D eigenvalue weighted by Crippen LogP contribution is -2.48. The summed E-state index contributed by atoms with van der Waals surface area (Å²) in [7, 11) is 0. The first kappa shape index (κ1) is 35.3. The van der Waals surface area contributed by atoms with Crippen LogP contribution in [0.2, 0.25) is 0 Å². The van der Waals surface area contributed by atoms with Crippen molar-refractivity contribution in [2.45, 2.75) is 164 Å². The number of carbonyl (C=O) groups is 6. The van der Waals surface area contributed by atoms with Gasteiger partial charge in [0, 0.05) is 51.4 Å². The fourth-order valence-corrected chi connectivity index (χ4v) is 9.19. The van der Waals surface area contributed by atoms with Crippen LogP contribution in [-0.2, 0) is 57.2 Å². The number of rotatable bonds is 2. The molecule has 50 heavy (non-hydrogen) atoms. The summed E-state index contributed by atoms with van der Waals surface area (Å²) in [6, 6.07) is 0. The number of hydrogen-bond donors (Lipinski definition) is 0. The van der Waals surface area contributed by atoms with E-state index in [1.807, 2.05) is 13.8 Å². The summed E-state index contributed by atoms with van der Waals surface area (Å²) in [5.41, 5.74) is -3.67. The molecule has 0 N–H and O–H groups in total. The molecular formula is C38H48O12. The van der Waals surface area contributed by atoms with Crippen molar-refractivity contribution in [3.8, 4) is 0 Å². The first-order valence-electron chi connectivity index (χ1n) is 18.0. The van der Waals surface area contributed by atoms with Crippen LogP contribution in [0.25, 0.3) is 0 Å². The highest BCUT2D eigenvalue weighted by atomic mass is 16.7. The third kappa shape index (κ3) is 6.34. The first-order chi connectivity index (χ1) is 23.4. The Labute approximate surface area is 291 Å². The van der Waals surface area contributed by atoms with Gasteiger partial charge in [0.1, 0.15) is 48.2 Å². The molecule has 7 aliphatic heterocycles. The average molecular weight is 697 g/mol. The SMILES string of the molecule is C=C(C)[C@H]1CC[C@@]23O[C@@H]2[C@@H](C[C@@]2(C)CC(=O)[C@H](CC(=O)C1)O2)OC(=O)[C@@]12CC[C@H](C(=C)C)CC(=O)C[C@@H]4O[C@](C)(CC4=O)C[C@@H](OC3=O)[C@@H]1O2. The van der Waals surface area contributed by atoms with E-state index in [2.05, 4.69) is 13.2 Å². The van der Waals surface area contributed by atoms with Crippen molar-refractivity contribution in [2.75, 3.05) is 0 Å². The van der Waals surface area contributed by atoms with Crippen molar-refractivity contribution in [3.63, 3.8) is 0 Å². The molecule has 7 fully saturated rings. The van der Waals surface area contributed by atoms with Gasteiger partial charge in [-0.25, -0.2) is 9.59 Å². The van der Waals surface area contributed by atoms with E-state index in [1.165, 1.54) is 0 Å². The number of epoxide rings is 2. The van der Waals surface area contributed by atoms with Crippen molar-refractivity contribution in [2.24, 2.45) is 11.8 Å². The van der Waals surface area contributed by atoms with E-state index >= 15 is 0 Å². The highest BCUT2D eigenvalue weighted by molar-refractivity contribution is 5.93. The lowest BCUT2D eigenvalue weighted by atomic mass is 9.81. The van der Waals surface area contributed by atoms with Gasteiger partial charge in [-0.15, -0.1) is 0 Å². The largest absolute Gasteiger partial charge is 0.457 e. The molecule has 0 spiro atoms. The van der Waals surface area contributed by atoms with Crippen LogP contribution in [0.5, 0.6) is 0 Å². The fourth-order valence-electron chi connectivity index (χ4n) is 9.19. The summed E-state index contributed by atoms with van der Waals surface area (Å²) >= 11 is 0. The number of ketones is 4. The van der Waals surface area contributed by atoms with Gasteiger partial charge >= 0.3 is 11.9 Å². The molecule has 0 saturated carbocycles. The summed E-state index contributed by atoms with van der Waals surface area (Å²) in [4.78, 5) is 81.6. The van der Waals surface area contributed by atoms with Crippen LogP contribution in [0, 0.1) is 11.8 Å². The maximum atomic E-state index is 14.5. The van der Waals surface area contributed by atoms with E-state index in [9.17, 15) is 28.8 Å². The molecule has 0 aromatic rings. The van der Waals surface area contributed by atoms with Crippen LogP contribution < -0.4 is 0 Å². The Bertz CT molecular complexity index is 1450. The van der Waals surface area contributed by atoms with Crippen LogP contribution in [0.15, 0.2) is 24.3 Å². The highest BCUT2D eigenvalue weighted by Gasteiger charge is 2.74. The Hall–Kier alpha value is -3.06. The number of fused-ring (bicyclic) bond motifs is 4. The summed E-state index contributed by atoms with van der Waals surface area (Å²) < 4.78 is 37.7. The van der Waals surface area contributed by atoms with E-state index < -0.39 is 71.0 Å². The lowest BCUT2D eigenvalue weighted by Gasteiger charge is -2.32. The maximum Gasteiger partial charge on any atom is 0.341 e. The minimum Gasteiger partial charge on any atom is -0.457 e. The normalized spacial score (nSPS) is 46.6. The van der Waals surface area contributed by atoms with Gasteiger partial charge in [0.05, 0.1) is 11.2 Å². The second kappa shape index (κ2) is 12.3. The van der Waals surface area contributed by atoms with E-state index in [1.54, 1.807) is 13.8 Å². The molecule has 0 aliphatic carbocycles. The Kier molecular flexibility index (Phi) is 8.68. The molecule has 7 aliphatic rings. The molecule has 7 rings (SSSR count). The molecule has 272 valence electrons. The molecule has 0 amide bonds. The van der Waals surface area contributed by atoms with E-state index in [0.717, 1.165) is 11.1 Å². The van der Waals surface area contributed by atoms with Crippen LogP contribution in [-0.4, -0.2) is 94.1 Å². The topological polar surface area (TPSA) is 164 Å². The van der Waals surface area contributed by atoms with Gasteiger partial charge in [-0.1, -0.05) is 24.3 Å². The molecule has 8 bridgehead atoms. The van der Waals surface area contributed by atoms with Crippen LogP contribution in [0.1, 0.15) is 105 Å². The van der Waals surface area contributed by atoms with Crippen LogP contribution in [0.3, 0.4) is 0 Å². The summed E-state index contributed by atoms with van der Waals surface area (Å²) in [5, 5.41) is 0. The van der Waals surface area contributed by atoms with Gasteiger partial charge < -0.3 is 28.4 Å². The van der Waals surface area contributed by atoms with Gasteiger partial charge in [0.2, 0.25) is 0 Å². The standard InChI is InChI=1S/C38H48O12/c1-19(2)21-7-9-37-31(49-37)29(17-35(5)15-25(41)27(47-35)13-23(39)11-21)46-34(44)38-10-8-22(20(3)4)12-24(40)14-28-26(42)16-36(6,48-28)18-30(32(38)50-38)45-33(37)43/h21-22,27-32H,1,3,7-18H2,2,4-6H3/t21-,22-,27-,28-,29+,30+,31-,32+,35+,36+,37+,38+/m0/s1. The smallest absolute Gasteiger partial charge is 0.341 e.